The van der Waals surface area contributed by atoms with Crippen LogP contribution in [0.15, 0.2) is 60.0 Å². The number of aliphatic hydroxyl groups excluding tert-OH is 1. The molecule has 0 amide bonds. The molecule has 2 aromatic carbocycles. The third kappa shape index (κ3) is 2.84. The summed E-state index contributed by atoms with van der Waals surface area (Å²) in [4.78, 5) is 4.50. The highest BCUT2D eigenvalue weighted by atomic mass is 32.1. The smallest absolute Gasteiger partial charge is 0.131 e. The average Bonchev–Trinajstić information content (AvgIpc) is 3.05. The molecule has 0 aliphatic carbocycles. The lowest BCUT2D eigenvalue weighted by Crippen LogP contribution is -1.98. The maximum Gasteiger partial charge on any atom is 0.131 e. The van der Waals surface area contributed by atoms with Crippen molar-refractivity contribution in [2.24, 2.45) is 0 Å². The molecule has 0 saturated carbocycles. The van der Waals surface area contributed by atoms with E-state index in [4.69, 9.17) is 5.26 Å². The number of nitriles is 1. The van der Waals surface area contributed by atoms with E-state index in [1.54, 1.807) is 12.1 Å². The van der Waals surface area contributed by atoms with Crippen molar-refractivity contribution in [1.82, 2.24) is 4.98 Å². The summed E-state index contributed by atoms with van der Waals surface area (Å²) in [6.07, 6.45) is -0.705. The van der Waals surface area contributed by atoms with Crippen LogP contribution < -0.4 is 0 Å². The normalized spacial score (nSPS) is 11.8. The fourth-order valence-corrected chi connectivity index (χ4v) is 2.88. The zero-order valence-corrected chi connectivity index (χ0v) is 11.9. The van der Waals surface area contributed by atoms with Crippen molar-refractivity contribution >= 4 is 11.3 Å². The molecule has 1 unspecified atom stereocenters. The van der Waals surface area contributed by atoms with Gasteiger partial charge in [0, 0.05) is 10.9 Å². The lowest BCUT2D eigenvalue weighted by molar-refractivity contribution is 0.220. The summed E-state index contributed by atoms with van der Waals surface area (Å²) in [5, 5.41) is 21.7. The molecule has 1 heterocycles. The first-order chi connectivity index (χ1) is 10.3. The first-order valence-corrected chi connectivity index (χ1v) is 7.35. The average molecular weight is 292 g/mol. The molecule has 0 aliphatic rings. The largest absolute Gasteiger partial charge is 0.381 e. The maximum absolute atomic E-state index is 10.3. The number of hydrogen-bond donors (Lipinski definition) is 1. The Bertz CT molecular complexity index is 773. The SMILES string of the molecule is N#Cc1ccc(-c2csc(C(O)c3ccccc3)n2)cc1. The van der Waals surface area contributed by atoms with Crippen LogP contribution in [0.5, 0.6) is 0 Å². The van der Waals surface area contributed by atoms with E-state index in [0.717, 1.165) is 16.8 Å². The van der Waals surface area contributed by atoms with Crippen LogP contribution in [0.25, 0.3) is 11.3 Å². The molecule has 102 valence electrons. The number of thiazole rings is 1. The van der Waals surface area contributed by atoms with Crippen molar-refractivity contribution in [1.29, 1.82) is 5.26 Å². The topological polar surface area (TPSA) is 56.9 Å². The molecule has 3 rings (SSSR count). The molecule has 0 bridgehead atoms. The molecule has 0 spiro atoms. The van der Waals surface area contributed by atoms with E-state index < -0.39 is 6.10 Å². The Morgan fingerprint density at radius 1 is 1.05 bits per heavy atom. The molecule has 1 atom stereocenters. The van der Waals surface area contributed by atoms with Gasteiger partial charge in [0.15, 0.2) is 0 Å². The summed E-state index contributed by atoms with van der Waals surface area (Å²) in [5.74, 6) is 0. The quantitative estimate of drug-likeness (QED) is 0.799. The molecule has 4 heteroatoms. The summed E-state index contributed by atoms with van der Waals surface area (Å²) < 4.78 is 0. The zero-order valence-electron chi connectivity index (χ0n) is 11.1. The van der Waals surface area contributed by atoms with Crippen LogP contribution in [-0.4, -0.2) is 10.1 Å². The first-order valence-electron chi connectivity index (χ1n) is 6.47. The lowest BCUT2D eigenvalue weighted by atomic mass is 10.1. The molecule has 21 heavy (non-hydrogen) atoms. The molecule has 1 N–H and O–H groups in total. The summed E-state index contributed by atoms with van der Waals surface area (Å²) in [7, 11) is 0. The van der Waals surface area contributed by atoms with Crippen molar-refractivity contribution in [3.8, 4) is 17.3 Å². The van der Waals surface area contributed by atoms with Gasteiger partial charge in [-0.2, -0.15) is 5.26 Å². The van der Waals surface area contributed by atoms with Gasteiger partial charge in [-0.1, -0.05) is 42.5 Å². The molecule has 3 nitrogen and oxygen atoms in total. The van der Waals surface area contributed by atoms with Gasteiger partial charge in [0.05, 0.1) is 17.3 Å². The van der Waals surface area contributed by atoms with Gasteiger partial charge in [-0.3, -0.25) is 0 Å². The minimum Gasteiger partial charge on any atom is -0.381 e. The maximum atomic E-state index is 10.3. The highest BCUT2D eigenvalue weighted by Crippen LogP contribution is 2.29. The molecule has 3 aromatic rings. The fraction of sp³-hybridized carbons (Fsp3) is 0.0588. The third-order valence-corrected chi connectivity index (χ3v) is 4.08. The predicted octanol–water partition coefficient (Wildman–Crippen LogP) is 3.76. The molecular formula is C17H12N2OS. The monoisotopic (exact) mass is 292 g/mol. The molecular weight excluding hydrogens is 280 g/mol. The Kier molecular flexibility index (Phi) is 3.78. The second-order valence-corrected chi connectivity index (χ2v) is 5.46. The summed E-state index contributed by atoms with van der Waals surface area (Å²) in [5.41, 5.74) is 3.21. The predicted molar refractivity (Wildman–Crippen MR) is 82.8 cm³/mol. The second-order valence-electron chi connectivity index (χ2n) is 4.57. The van der Waals surface area contributed by atoms with Gasteiger partial charge in [0.2, 0.25) is 0 Å². The van der Waals surface area contributed by atoms with Crippen LogP contribution in [0.4, 0.5) is 0 Å². The molecule has 0 fully saturated rings. The van der Waals surface area contributed by atoms with E-state index in [1.807, 2.05) is 47.8 Å². The summed E-state index contributed by atoms with van der Waals surface area (Å²) in [6.45, 7) is 0. The molecule has 0 saturated heterocycles. The van der Waals surface area contributed by atoms with Crippen LogP contribution in [0, 0.1) is 11.3 Å². The Morgan fingerprint density at radius 2 is 1.76 bits per heavy atom. The van der Waals surface area contributed by atoms with Crippen molar-refractivity contribution in [3.05, 3.63) is 76.1 Å². The first kappa shape index (κ1) is 13.5. The molecule has 0 radical (unpaired) electrons. The van der Waals surface area contributed by atoms with Gasteiger partial charge in [-0.05, 0) is 17.7 Å². The number of aliphatic hydroxyl groups is 1. The summed E-state index contributed by atoms with van der Waals surface area (Å²) >= 11 is 1.43. The van der Waals surface area contributed by atoms with Crippen molar-refractivity contribution in [2.75, 3.05) is 0 Å². The van der Waals surface area contributed by atoms with Gasteiger partial charge in [0.1, 0.15) is 11.1 Å². The zero-order chi connectivity index (χ0) is 14.7. The number of nitrogens with zero attached hydrogens (tertiary/aromatic N) is 2. The fourth-order valence-electron chi connectivity index (χ4n) is 2.04. The van der Waals surface area contributed by atoms with Crippen LogP contribution in [0.3, 0.4) is 0 Å². The van der Waals surface area contributed by atoms with E-state index >= 15 is 0 Å². The second kappa shape index (κ2) is 5.88. The van der Waals surface area contributed by atoms with Gasteiger partial charge in [0.25, 0.3) is 0 Å². The highest BCUT2D eigenvalue weighted by molar-refractivity contribution is 7.10. The van der Waals surface area contributed by atoms with Crippen LogP contribution in [0.2, 0.25) is 0 Å². The van der Waals surface area contributed by atoms with Crippen LogP contribution in [-0.2, 0) is 0 Å². The Balaban J connectivity index is 1.87. The highest BCUT2D eigenvalue weighted by Gasteiger charge is 2.14. The van der Waals surface area contributed by atoms with Crippen molar-refractivity contribution in [3.63, 3.8) is 0 Å². The Hall–Kier alpha value is -2.48. The summed E-state index contributed by atoms with van der Waals surface area (Å²) in [6, 6.07) is 18.8. The van der Waals surface area contributed by atoms with Gasteiger partial charge in [-0.15, -0.1) is 11.3 Å². The number of benzene rings is 2. The van der Waals surface area contributed by atoms with Gasteiger partial charge < -0.3 is 5.11 Å². The Morgan fingerprint density at radius 3 is 2.43 bits per heavy atom. The van der Waals surface area contributed by atoms with Crippen LogP contribution in [0.1, 0.15) is 22.2 Å². The van der Waals surface area contributed by atoms with E-state index in [0.29, 0.717) is 10.6 Å². The molecule has 0 aliphatic heterocycles. The van der Waals surface area contributed by atoms with Crippen LogP contribution >= 0.6 is 11.3 Å². The van der Waals surface area contributed by atoms with E-state index in [-0.39, 0.29) is 0 Å². The van der Waals surface area contributed by atoms with E-state index in [9.17, 15) is 5.11 Å². The number of rotatable bonds is 3. The Labute approximate surface area is 126 Å². The van der Waals surface area contributed by atoms with E-state index in [1.165, 1.54) is 11.3 Å². The lowest BCUT2D eigenvalue weighted by Gasteiger charge is -2.06. The third-order valence-electron chi connectivity index (χ3n) is 3.18. The van der Waals surface area contributed by atoms with Gasteiger partial charge >= 0.3 is 0 Å². The minimum atomic E-state index is -0.705. The minimum absolute atomic E-state index is 0.624. The standard InChI is InChI=1S/C17H12N2OS/c18-10-12-6-8-13(9-7-12)15-11-21-17(19-15)16(20)14-4-2-1-3-5-14/h1-9,11,16,20H. The number of aromatic nitrogens is 1. The van der Waals surface area contributed by atoms with Gasteiger partial charge in [-0.25, -0.2) is 4.98 Å². The van der Waals surface area contributed by atoms with E-state index in [2.05, 4.69) is 11.1 Å². The van der Waals surface area contributed by atoms with Crippen molar-refractivity contribution < 1.29 is 5.11 Å². The van der Waals surface area contributed by atoms with Crippen molar-refractivity contribution in [2.45, 2.75) is 6.10 Å². The molecule has 1 aromatic heterocycles. The number of hydrogen-bond acceptors (Lipinski definition) is 4.